The van der Waals surface area contributed by atoms with Crippen LogP contribution in [0.4, 0.5) is 0 Å². The number of rotatable bonds is 6. The fourth-order valence-corrected chi connectivity index (χ4v) is 2.17. The van der Waals surface area contributed by atoms with E-state index in [1.807, 2.05) is 30.3 Å². The SMILES string of the molecule is O=C1CC(CO)CN1CC(O)COc1ccccc1. The van der Waals surface area contributed by atoms with Crippen molar-refractivity contribution in [1.82, 2.24) is 4.90 Å². The number of carbonyl (C=O) groups excluding carboxylic acids is 1. The Bertz CT molecular complexity index is 409. The van der Waals surface area contributed by atoms with Gasteiger partial charge in [0.25, 0.3) is 0 Å². The van der Waals surface area contributed by atoms with Gasteiger partial charge in [0.05, 0.1) is 0 Å². The minimum absolute atomic E-state index is 0.00487. The van der Waals surface area contributed by atoms with Crippen molar-refractivity contribution >= 4 is 5.91 Å². The number of benzene rings is 1. The molecule has 1 amide bonds. The molecule has 0 aromatic heterocycles. The molecule has 5 heteroatoms. The first-order valence-electron chi connectivity index (χ1n) is 6.43. The maximum absolute atomic E-state index is 11.6. The van der Waals surface area contributed by atoms with E-state index in [0.29, 0.717) is 18.7 Å². The molecule has 0 saturated carbocycles. The molecular formula is C14H19NO4. The Balaban J connectivity index is 1.75. The minimum atomic E-state index is -0.721. The van der Waals surface area contributed by atoms with Crippen molar-refractivity contribution in [3.05, 3.63) is 30.3 Å². The van der Waals surface area contributed by atoms with Crippen molar-refractivity contribution in [2.24, 2.45) is 5.92 Å². The summed E-state index contributed by atoms with van der Waals surface area (Å²) in [5.41, 5.74) is 0. The lowest BCUT2D eigenvalue weighted by atomic mass is 10.1. The van der Waals surface area contributed by atoms with Crippen LogP contribution < -0.4 is 4.74 Å². The van der Waals surface area contributed by atoms with Gasteiger partial charge < -0.3 is 19.8 Å². The van der Waals surface area contributed by atoms with Crippen LogP contribution >= 0.6 is 0 Å². The fraction of sp³-hybridized carbons (Fsp3) is 0.500. The summed E-state index contributed by atoms with van der Waals surface area (Å²) in [6.07, 6.45) is -0.357. The second kappa shape index (κ2) is 6.54. The maximum atomic E-state index is 11.6. The molecule has 1 saturated heterocycles. The van der Waals surface area contributed by atoms with Crippen molar-refractivity contribution in [2.75, 3.05) is 26.3 Å². The minimum Gasteiger partial charge on any atom is -0.491 e. The zero-order chi connectivity index (χ0) is 13.7. The lowest BCUT2D eigenvalue weighted by molar-refractivity contribution is -0.129. The first kappa shape index (κ1) is 13.8. The Kier molecular flexibility index (Phi) is 4.76. The Morgan fingerprint density at radius 2 is 2.11 bits per heavy atom. The number of para-hydroxylation sites is 1. The molecule has 1 heterocycles. The van der Waals surface area contributed by atoms with Crippen molar-refractivity contribution in [2.45, 2.75) is 12.5 Å². The number of ether oxygens (including phenoxy) is 1. The molecule has 0 aliphatic carbocycles. The van der Waals surface area contributed by atoms with Crippen LogP contribution in [0.1, 0.15) is 6.42 Å². The van der Waals surface area contributed by atoms with Gasteiger partial charge in [0.2, 0.25) is 5.91 Å². The van der Waals surface area contributed by atoms with E-state index in [1.165, 1.54) is 0 Å². The Morgan fingerprint density at radius 1 is 1.37 bits per heavy atom. The summed E-state index contributed by atoms with van der Waals surface area (Å²) in [6, 6.07) is 9.24. The van der Waals surface area contributed by atoms with Crippen molar-refractivity contribution in [3.8, 4) is 5.75 Å². The van der Waals surface area contributed by atoms with E-state index in [9.17, 15) is 9.90 Å². The summed E-state index contributed by atoms with van der Waals surface area (Å²) in [5.74, 6) is 0.676. The number of carbonyl (C=O) groups is 1. The molecule has 0 bridgehead atoms. The van der Waals surface area contributed by atoms with E-state index in [-0.39, 0.29) is 31.6 Å². The zero-order valence-electron chi connectivity index (χ0n) is 10.7. The van der Waals surface area contributed by atoms with Crippen molar-refractivity contribution < 1.29 is 19.7 Å². The standard InChI is InChI=1S/C14H19NO4/c16-9-11-6-14(18)15(7-11)8-12(17)10-19-13-4-2-1-3-5-13/h1-5,11-12,16-17H,6-10H2. The summed E-state index contributed by atoms with van der Waals surface area (Å²) in [6.45, 7) is 0.927. The molecule has 2 unspecified atom stereocenters. The molecule has 1 aromatic rings. The summed E-state index contributed by atoms with van der Waals surface area (Å²) in [4.78, 5) is 13.2. The average molecular weight is 265 g/mol. The van der Waals surface area contributed by atoms with E-state index in [0.717, 1.165) is 0 Å². The fourth-order valence-electron chi connectivity index (χ4n) is 2.17. The molecule has 2 atom stereocenters. The average Bonchev–Trinajstić information content (AvgIpc) is 2.78. The van der Waals surface area contributed by atoms with Gasteiger partial charge in [-0.1, -0.05) is 18.2 Å². The highest BCUT2D eigenvalue weighted by Gasteiger charge is 2.30. The van der Waals surface area contributed by atoms with Gasteiger partial charge in [-0.25, -0.2) is 0 Å². The molecule has 1 fully saturated rings. The van der Waals surface area contributed by atoms with E-state index >= 15 is 0 Å². The van der Waals surface area contributed by atoms with Gasteiger partial charge >= 0.3 is 0 Å². The summed E-state index contributed by atoms with van der Waals surface area (Å²) in [7, 11) is 0. The normalized spacial score (nSPS) is 20.6. The second-order valence-electron chi connectivity index (χ2n) is 4.83. The molecule has 0 spiro atoms. The molecule has 19 heavy (non-hydrogen) atoms. The highest BCUT2D eigenvalue weighted by Crippen LogP contribution is 2.17. The van der Waals surface area contributed by atoms with Crippen LogP contribution in [0.2, 0.25) is 0 Å². The summed E-state index contributed by atoms with van der Waals surface area (Å²) < 4.78 is 5.43. The van der Waals surface area contributed by atoms with E-state index in [1.54, 1.807) is 4.90 Å². The largest absolute Gasteiger partial charge is 0.491 e. The third-order valence-electron chi connectivity index (χ3n) is 3.17. The summed E-state index contributed by atoms with van der Waals surface area (Å²) >= 11 is 0. The molecule has 2 N–H and O–H groups in total. The van der Waals surface area contributed by atoms with Crippen LogP contribution in [0.3, 0.4) is 0 Å². The molecular weight excluding hydrogens is 246 g/mol. The van der Waals surface area contributed by atoms with Crippen LogP contribution in [-0.4, -0.2) is 53.4 Å². The Labute approximate surface area is 112 Å². The number of amides is 1. The van der Waals surface area contributed by atoms with E-state index in [2.05, 4.69) is 0 Å². The third kappa shape index (κ3) is 3.94. The highest BCUT2D eigenvalue weighted by molar-refractivity contribution is 5.78. The number of hydrogen-bond donors (Lipinski definition) is 2. The van der Waals surface area contributed by atoms with Crippen LogP contribution in [0.15, 0.2) is 30.3 Å². The molecule has 5 nitrogen and oxygen atoms in total. The molecule has 2 rings (SSSR count). The molecule has 1 aromatic carbocycles. The Hall–Kier alpha value is -1.59. The molecule has 104 valence electrons. The predicted molar refractivity (Wildman–Crippen MR) is 69.7 cm³/mol. The summed E-state index contributed by atoms with van der Waals surface area (Å²) in [5, 5.41) is 18.9. The number of aliphatic hydroxyl groups is 2. The topological polar surface area (TPSA) is 70.0 Å². The smallest absolute Gasteiger partial charge is 0.223 e. The maximum Gasteiger partial charge on any atom is 0.223 e. The van der Waals surface area contributed by atoms with Crippen molar-refractivity contribution in [3.63, 3.8) is 0 Å². The number of aliphatic hydroxyl groups excluding tert-OH is 2. The van der Waals surface area contributed by atoms with Crippen LogP contribution in [-0.2, 0) is 4.79 Å². The van der Waals surface area contributed by atoms with Crippen molar-refractivity contribution in [1.29, 1.82) is 0 Å². The molecule has 0 radical (unpaired) electrons. The molecule has 1 aliphatic heterocycles. The molecule has 1 aliphatic rings. The number of likely N-dealkylation sites (tertiary alicyclic amines) is 1. The van der Waals surface area contributed by atoms with Gasteiger partial charge in [0.1, 0.15) is 18.5 Å². The lowest BCUT2D eigenvalue weighted by Gasteiger charge is -2.20. The third-order valence-corrected chi connectivity index (χ3v) is 3.17. The number of hydrogen-bond acceptors (Lipinski definition) is 4. The van der Waals surface area contributed by atoms with Crippen LogP contribution in [0.25, 0.3) is 0 Å². The number of β-amino-alcohol motifs (C(OH)–C–C–N with tert-alkyl or cyclic N) is 1. The quantitative estimate of drug-likeness (QED) is 0.774. The van der Waals surface area contributed by atoms with Crippen LogP contribution in [0.5, 0.6) is 5.75 Å². The van der Waals surface area contributed by atoms with Crippen LogP contribution in [0, 0.1) is 5.92 Å². The second-order valence-corrected chi connectivity index (χ2v) is 4.83. The van der Waals surface area contributed by atoms with Gasteiger partial charge in [-0.15, -0.1) is 0 Å². The lowest BCUT2D eigenvalue weighted by Crippen LogP contribution is -2.36. The van der Waals surface area contributed by atoms with Gasteiger partial charge in [-0.2, -0.15) is 0 Å². The van der Waals surface area contributed by atoms with Gasteiger partial charge in [-0.3, -0.25) is 4.79 Å². The van der Waals surface area contributed by atoms with Gasteiger partial charge in [0.15, 0.2) is 0 Å². The zero-order valence-corrected chi connectivity index (χ0v) is 10.7. The predicted octanol–water partition coefficient (Wildman–Crippen LogP) is 0.267. The van der Waals surface area contributed by atoms with E-state index < -0.39 is 6.10 Å². The first-order chi connectivity index (χ1) is 9.19. The van der Waals surface area contributed by atoms with Gasteiger partial charge in [-0.05, 0) is 12.1 Å². The first-order valence-corrected chi connectivity index (χ1v) is 6.43. The van der Waals surface area contributed by atoms with E-state index in [4.69, 9.17) is 9.84 Å². The highest BCUT2D eigenvalue weighted by atomic mass is 16.5. The van der Waals surface area contributed by atoms with Gasteiger partial charge in [0, 0.05) is 32.0 Å². The monoisotopic (exact) mass is 265 g/mol. The number of nitrogens with zero attached hydrogens (tertiary/aromatic N) is 1. The Morgan fingerprint density at radius 3 is 2.74 bits per heavy atom.